The Hall–Kier alpha value is -2.40. The van der Waals surface area contributed by atoms with Crippen molar-refractivity contribution in [2.75, 3.05) is 7.11 Å². The molecule has 1 atom stereocenters. The van der Waals surface area contributed by atoms with Gasteiger partial charge in [0.15, 0.2) is 17.6 Å². The molecule has 0 saturated heterocycles. The van der Waals surface area contributed by atoms with E-state index in [0.717, 1.165) is 11.1 Å². The van der Waals surface area contributed by atoms with Gasteiger partial charge in [-0.1, -0.05) is 17.7 Å². The normalized spacial score (nSPS) is 11.8. The number of carbonyl (C=O) groups excluding carboxylic acids is 1. The van der Waals surface area contributed by atoms with Crippen molar-refractivity contribution in [1.82, 2.24) is 5.32 Å². The van der Waals surface area contributed by atoms with Crippen molar-refractivity contribution >= 4 is 17.5 Å². The highest BCUT2D eigenvalue weighted by atomic mass is 35.5. The van der Waals surface area contributed by atoms with E-state index in [-0.39, 0.29) is 12.0 Å². The zero-order valence-corrected chi connectivity index (χ0v) is 17.1. The molecule has 0 saturated carbocycles. The summed E-state index contributed by atoms with van der Waals surface area (Å²) in [6, 6.07) is 10.9. The van der Waals surface area contributed by atoms with Crippen LogP contribution in [0.4, 0.5) is 0 Å². The number of hydrogen-bond donors (Lipinski definition) is 1. The molecule has 0 aliphatic heterocycles. The molecule has 1 amide bonds. The number of ether oxygens (including phenoxy) is 3. The van der Waals surface area contributed by atoms with E-state index in [9.17, 15) is 4.79 Å². The lowest BCUT2D eigenvalue weighted by Gasteiger charge is -2.17. The number of halogens is 1. The highest BCUT2D eigenvalue weighted by molar-refractivity contribution is 6.31. The number of methoxy groups -OCH3 is 1. The molecule has 2 aromatic carbocycles. The molecular formula is C21H26ClNO4. The number of rotatable bonds is 8. The molecule has 0 aliphatic carbocycles. The van der Waals surface area contributed by atoms with Crippen LogP contribution >= 0.6 is 11.6 Å². The first kappa shape index (κ1) is 20.9. The summed E-state index contributed by atoms with van der Waals surface area (Å²) in [5.74, 6) is 1.72. The molecule has 0 fully saturated rings. The van der Waals surface area contributed by atoms with E-state index in [2.05, 4.69) is 5.32 Å². The summed E-state index contributed by atoms with van der Waals surface area (Å²) in [5, 5.41) is 3.54. The number of hydrogen-bond acceptors (Lipinski definition) is 4. The van der Waals surface area contributed by atoms with Crippen LogP contribution in [0.2, 0.25) is 5.02 Å². The van der Waals surface area contributed by atoms with Gasteiger partial charge < -0.3 is 19.5 Å². The van der Waals surface area contributed by atoms with Crippen LogP contribution in [-0.2, 0) is 11.3 Å². The molecule has 2 aromatic rings. The summed E-state index contributed by atoms with van der Waals surface area (Å²) in [7, 11) is 1.59. The fraction of sp³-hybridized carbons (Fsp3) is 0.381. The largest absolute Gasteiger partial charge is 0.493 e. The van der Waals surface area contributed by atoms with Gasteiger partial charge in [-0.05, 0) is 69.2 Å². The number of aryl methyl sites for hydroxylation is 1. The van der Waals surface area contributed by atoms with Crippen LogP contribution in [0.25, 0.3) is 0 Å². The number of benzene rings is 2. The Labute approximate surface area is 165 Å². The highest BCUT2D eigenvalue weighted by Crippen LogP contribution is 2.29. The molecule has 0 spiro atoms. The second-order valence-electron chi connectivity index (χ2n) is 6.54. The second kappa shape index (κ2) is 9.51. The van der Waals surface area contributed by atoms with Gasteiger partial charge in [0.1, 0.15) is 5.75 Å². The fourth-order valence-corrected chi connectivity index (χ4v) is 2.57. The minimum Gasteiger partial charge on any atom is -0.493 e. The molecule has 5 nitrogen and oxygen atoms in total. The molecule has 0 aliphatic rings. The topological polar surface area (TPSA) is 56.8 Å². The van der Waals surface area contributed by atoms with Crippen molar-refractivity contribution in [3.05, 3.63) is 52.5 Å². The second-order valence-corrected chi connectivity index (χ2v) is 6.95. The SMILES string of the molecule is COc1cc(CNC(=O)C(C)Oc2ccc(Cl)c(C)c2)ccc1OC(C)C. The monoisotopic (exact) mass is 391 g/mol. The van der Waals surface area contributed by atoms with Gasteiger partial charge >= 0.3 is 0 Å². The molecule has 0 aromatic heterocycles. The minimum absolute atomic E-state index is 0.0546. The lowest BCUT2D eigenvalue weighted by molar-refractivity contribution is -0.127. The zero-order valence-electron chi connectivity index (χ0n) is 16.3. The summed E-state index contributed by atoms with van der Waals surface area (Å²) in [4.78, 5) is 12.3. The van der Waals surface area contributed by atoms with Crippen molar-refractivity contribution in [3.8, 4) is 17.2 Å². The van der Waals surface area contributed by atoms with Gasteiger partial charge in [0, 0.05) is 11.6 Å². The van der Waals surface area contributed by atoms with E-state index in [1.807, 2.05) is 45.0 Å². The maximum absolute atomic E-state index is 12.3. The summed E-state index contributed by atoms with van der Waals surface area (Å²) >= 11 is 6.01. The van der Waals surface area contributed by atoms with Gasteiger partial charge in [-0.25, -0.2) is 0 Å². The van der Waals surface area contributed by atoms with Gasteiger partial charge in [-0.15, -0.1) is 0 Å². The maximum atomic E-state index is 12.3. The van der Waals surface area contributed by atoms with Gasteiger partial charge in [0.05, 0.1) is 13.2 Å². The van der Waals surface area contributed by atoms with Crippen LogP contribution < -0.4 is 19.5 Å². The Morgan fingerprint density at radius 3 is 2.44 bits per heavy atom. The minimum atomic E-state index is -0.629. The van der Waals surface area contributed by atoms with Crippen LogP contribution in [0.15, 0.2) is 36.4 Å². The summed E-state index contributed by atoms with van der Waals surface area (Å²) in [6.07, 6.45) is -0.574. The fourth-order valence-electron chi connectivity index (χ4n) is 2.45. The third-order valence-electron chi connectivity index (χ3n) is 3.87. The van der Waals surface area contributed by atoms with Crippen molar-refractivity contribution in [3.63, 3.8) is 0 Å². The van der Waals surface area contributed by atoms with E-state index in [1.54, 1.807) is 26.2 Å². The van der Waals surface area contributed by atoms with E-state index < -0.39 is 6.10 Å². The van der Waals surface area contributed by atoms with E-state index in [1.165, 1.54) is 0 Å². The molecule has 0 bridgehead atoms. The standard InChI is InChI=1S/C21H26ClNO4/c1-13(2)26-19-9-6-16(11-20(19)25-5)12-23-21(24)15(4)27-17-7-8-18(22)14(3)10-17/h6-11,13,15H,12H2,1-5H3,(H,23,24). The molecule has 0 heterocycles. The van der Waals surface area contributed by atoms with Crippen LogP contribution in [-0.4, -0.2) is 25.2 Å². The first-order valence-corrected chi connectivity index (χ1v) is 9.22. The molecule has 1 unspecified atom stereocenters. The Balaban J connectivity index is 1.94. The Morgan fingerprint density at radius 2 is 1.81 bits per heavy atom. The third kappa shape index (κ3) is 6.07. The van der Waals surface area contributed by atoms with Gasteiger partial charge in [0.25, 0.3) is 5.91 Å². The Morgan fingerprint density at radius 1 is 1.07 bits per heavy atom. The van der Waals surface area contributed by atoms with Crippen molar-refractivity contribution < 1.29 is 19.0 Å². The molecule has 2 rings (SSSR count). The van der Waals surface area contributed by atoms with E-state index in [4.69, 9.17) is 25.8 Å². The van der Waals surface area contributed by atoms with Gasteiger partial charge in [0.2, 0.25) is 0 Å². The first-order chi connectivity index (χ1) is 12.8. The smallest absolute Gasteiger partial charge is 0.261 e. The van der Waals surface area contributed by atoms with Crippen molar-refractivity contribution in [2.45, 2.75) is 46.4 Å². The Kier molecular flexibility index (Phi) is 7.36. The predicted octanol–water partition coefficient (Wildman–Crippen LogP) is 4.53. The van der Waals surface area contributed by atoms with Gasteiger partial charge in [-0.3, -0.25) is 4.79 Å². The van der Waals surface area contributed by atoms with Crippen LogP contribution in [0.1, 0.15) is 31.9 Å². The average molecular weight is 392 g/mol. The quantitative estimate of drug-likeness (QED) is 0.718. The van der Waals surface area contributed by atoms with Crippen LogP contribution in [0.3, 0.4) is 0 Å². The summed E-state index contributed by atoms with van der Waals surface area (Å²) in [6.45, 7) is 7.87. The third-order valence-corrected chi connectivity index (χ3v) is 4.29. The first-order valence-electron chi connectivity index (χ1n) is 8.84. The number of amides is 1. The average Bonchev–Trinajstić information content (AvgIpc) is 2.63. The van der Waals surface area contributed by atoms with Crippen LogP contribution in [0, 0.1) is 6.92 Å². The van der Waals surface area contributed by atoms with Crippen molar-refractivity contribution in [2.24, 2.45) is 0 Å². The number of carbonyl (C=O) groups is 1. The predicted molar refractivity (Wildman–Crippen MR) is 107 cm³/mol. The molecular weight excluding hydrogens is 366 g/mol. The van der Waals surface area contributed by atoms with Gasteiger partial charge in [-0.2, -0.15) is 0 Å². The maximum Gasteiger partial charge on any atom is 0.261 e. The highest BCUT2D eigenvalue weighted by Gasteiger charge is 2.15. The molecule has 146 valence electrons. The molecule has 6 heteroatoms. The molecule has 0 radical (unpaired) electrons. The number of nitrogens with one attached hydrogen (secondary N) is 1. The summed E-state index contributed by atoms with van der Waals surface area (Å²) < 4.78 is 16.8. The Bertz CT molecular complexity index is 792. The van der Waals surface area contributed by atoms with E-state index in [0.29, 0.717) is 28.8 Å². The van der Waals surface area contributed by atoms with E-state index >= 15 is 0 Å². The summed E-state index contributed by atoms with van der Waals surface area (Å²) in [5.41, 5.74) is 1.81. The zero-order chi connectivity index (χ0) is 20.0. The van der Waals surface area contributed by atoms with Crippen molar-refractivity contribution in [1.29, 1.82) is 0 Å². The molecule has 1 N–H and O–H groups in total. The lowest BCUT2D eigenvalue weighted by atomic mass is 10.2. The molecule has 27 heavy (non-hydrogen) atoms. The lowest BCUT2D eigenvalue weighted by Crippen LogP contribution is -2.35. The van der Waals surface area contributed by atoms with Crippen LogP contribution in [0.5, 0.6) is 17.2 Å².